The molecule has 0 spiro atoms. The number of carbonyl (C=O) groups excluding carboxylic acids is 1. The fraction of sp³-hybridized carbons (Fsp3) is 0.143. The van der Waals surface area contributed by atoms with Gasteiger partial charge in [-0.2, -0.15) is 0 Å². The molecule has 18 heavy (non-hydrogen) atoms. The van der Waals surface area contributed by atoms with Crippen LogP contribution < -0.4 is 10.2 Å². The number of hydrogen-bond acceptors (Lipinski definition) is 3. The van der Waals surface area contributed by atoms with Crippen molar-refractivity contribution < 1.29 is 4.79 Å². The Morgan fingerprint density at radius 3 is 2.61 bits per heavy atom. The molecule has 4 heteroatoms. The number of hydrogen-bond donors (Lipinski definition) is 1. The lowest BCUT2D eigenvalue weighted by atomic mass is 10.1. The lowest BCUT2D eigenvalue weighted by Gasteiger charge is -2.17. The molecule has 2 rings (SSSR count). The standard InChI is InChI=1S/C14H15N3O/c1-15-12-5-3-4-11(10-12)14(18)17(2)13-6-8-16-9-7-13/h3-10,15H,1-2H3. The van der Waals surface area contributed by atoms with Crippen LogP contribution in [0, 0.1) is 0 Å². The molecule has 0 aliphatic heterocycles. The molecule has 0 unspecified atom stereocenters. The first kappa shape index (κ1) is 12.1. The van der Waals surface area contributed by atoms with Gasteiger partial charge in [-0.1, -0.05) is 6.07 Å². The van der Waals surface area contributed by atoms with Crippen molar-refractivity contribution in [3.63, 3.8) is 0 Å². The number of rotatable bonds is 3. The summed E-state index contributed by atoms with van der Waals surface area (Å²) in [4.78, 5) is 17.8. The van der Waals surface area contributed by atoms with Gasteiger partial charge in [0, 0.05) is 43.4 Å². The maximum absolute atomic E-state index is 12.3. The van der Waals surface area contributed by atoms with E-state index < -0.39 is 0 Å². The van der Waals surface area contributed by atoms with E-state index in [-0.39, 0.29) is 5.91 Å². The van der Waals surface area contributed by atoms with Crippen LogP contribution in [0.2, 0.25) is 0 Å². The van der Waals surface area contributed by atoms with Gasteiger partial charge in [0.15, 0.2) is 0 Å². The second-order valence-corrected chi connectivity index (χ2v) is 3.90. The molecule has 1 N–H and O–H groups in total. The van der Waals surface area contributed by atoms with Crippen molar-refractivity contribution in [2.45, 2.75) is 0 Å². The molecule has 0 aliphatic rings. The number of anilines is 2. The number of pyridine rings is 1. The maximum atomic E-state index is 12.3. The van der Waals surface area contributed by atoms with E-state index in [1.54, 1.807) is 42.5 Å². The predicted molar refractivity (Wildman–Crippen MR) is 73.0 cm³/mol. The van der Waals surface area contributed by atoms with Crippen LogP contribution >= 0.6 is 0 Å². The average molecular weight is 241 g/mol. The monoisotopic (exact) mass is 241 g/mol. The highest BCUT2D eigenvalue weighted by atomic mass is 16.2. The van der Waals surface area contributed by atoms with Crippen molar-refractivity contribution in [3.05, 3.63) is 54.4 Å². The topological polar surface area (TPSA) is 45.2 Å². The molecular formula is C14H15N3O. The Labute approximate surface area is 106 Å². The van der Waals surface area contributed by atoms with Crippen molar-refractivity contribution in [2.75, 3.05) is 24.3 Å². The molecule has 1 amide bonds. The van der Waals surface area contributed by atoms with Crippen LogP contribution in [-0.2, 0) is 0 Å². The van der Waals surface area contributed by atoms with Crippen molar-refractivity contribution in [3.8, 4) is 0 Å². The Morgan fingerprint density at radius 1 is 1.22 bits per heavy atom. The SMILES string of the molecule is CNc1cccc(C(=O)N(C)c2ccncc2)c1. The molecule has 0 radical (unpaired) electrons. The van der Waals surface area contributed by atoms with Crippen LogP contribution in [0.1, 0.15) is 10.4 Å². The summed E-state index contributed by atoms with van der Waals surface area (Å²) in [5.41, 5.74) is 2.40. The number of nitrogens with one attached hydrogen (secondary N) is 1. The summed E-state index contributed by atoms with van der Waals surface area (Å²) in [5, 5.41) is 3.02. The lowest BCUT2D eigenvalue weighted by Crippen LogP contribution is -2.26. The fourth-order valence-electron chi connectivity index (χ4n) is 1.69. The summed E-state index contributed by atoms with van der Waals surface area (Å²) in [6, 6.07) is 11.0. The van der Waals surface area contributed by atoms with E-state index in [1.807, 2.05) is 25.2 Å². The Morgan fingerprint density at radius 2 is 1.94 bits per heavy atom. The summed E-state index contributed by atoms with van der Waals surface area (Å²) >= 11 is 0. The zero-order chi connectivity index (χ0) is 13.0. The van der Waals surface area contributed by atoms with Crippen molar-refractivity contribution in [2.24, 2.45) is 0 Å². The van der Waals surface area contributed by atoms with Gasteiger partial charge in [0.1, 0.15) is 0 Å². The van der Waals surface area contributed by atoms with E-state index in [2.05, 4.69) is 10.3 Å². The van der Waals surface area contributed by atoms with Crippen LogP contribution in [-0.4, -0.2) is 25.0 Å². The normalized spacial score (nSPS) is 9.89. The minimum absolute atomic E-state index is 0.0432. The average Bonchev–Trinajstić information content (AvgIpc) is 2.46. The fourth-order valence-corrected chi connectivity index (χ4v) is 1.69. The smallest absolute Gasteiger partial charge is 0.258 e. The summed E-state index contributed by atoms with van der Waals surface area (Å²) < 4.78 is 0. The highest BCUT2D eigenvalue weighted by Crippen LogP contribution is 2.16. The summed E-state index contributed by atoms with van der Waals surface area (Å²) in [7, 11) is 3.58. The van der Waals surface area contributed by atoms with Crippen molar-refractivity contribution in [1.29, 1.82) is 0 Å². The predicted octanol–water partition coefficient (Wildman–Crippen LogP) is 2.40. The second kappa shape index (κ2) is 5.31. The molecule has 0 bridgehead atoms. The zero-order valence-electron chi connectivity index (χ0n) is 10.4. The lowest BCUT2D eigenvalue weighted by molar-refractivity contribution is 0.0993. The van der Waals surface area contributed by atoms with Gasteiger partial charge in [0.05, 0.1) is 0 Å². The van der Waals surface area contributed by atoms with Gasteiger partial charge in [-0.15, -0.1) is 0 Å². The van der Waals surface area contributed by atoms with Crippen LogP contribution in [0.5, 0.6) is 0 Å². The highest BCUT2D eigenvalue weighted by molar-refractivity contribution is 6.06. The molecule has 1 heterocycles. The minimum Gasteiger partial charge on any atom is -0.388 e. The summed E-state index contributed by atoms with van der Waals surface area (Å²) in [5.74, 6) is -0.0432. The third kappa shape index (κ3) is 2.48. The molecule has 0 saturated carbocycles. The van der Waals surface area contributed by atoms with Gasteiger partial charge in [-0.3, -0.25) is 9.78 Å². The number of carbonyl (C=O) groups is 1. The van der Waals surface area contributed by atoms with E-state index in [0.717, 1.165) is 11.4 Å². The molecule has 92 valence electrons. The first-order valence-corrected chi connectivity index (χ1v) is 5.68. The molecule has 1 aromatic carbocycles. The third-order valence-electron chi connectivity index (χ3n) is 2.75. The van der Waals surface area contributed by atoms with Gasteiger partial charge in [0.25, 0.3) is 5.91 Å². The minimum atomic E-state index is -0.0432. The second-order valence-electron chi connectivity index (χ2n) is 3.90. The Balaban J connectivity index is 2.25. The third-order valence-corrected chi connectivity index (χ3v) is 2.75. The van der Waals surface area contributed by atoms with Gasteiger partial charge in [0.2, 0.25) is 0 Å². The van der Waals surface area contributed by atoms with Gasteiger partial charge in [-0.05, 0) is 30.3 Å². The number of aromatic nitrogens is 1. The van der Waals surface area contributed by atoms with Crippen LogP contribution in [0.25, 0.3) is 0 Å². The maximum Gasteiger partial charge on any atom is 0.258 e. The molecule has 0 fully saturated rings. The molecule has 0 atom stereocenters. The van der Waals surface area contributed by atoms with Crippen LogP contribution in [0.15, 0.2) is 48.8 Å². The molecule has 4 nitrogen and oxygen atoms in total. The van der Waals surface area contributed by atoms with Gasteiger partial charge in [-0.25, -0.2) is 0 Å². The largest absolute Gasteiger partial charge is 0.388 e. The van der Waals surface area contributed by atoms with E-state index in [4.69, 9.17) is 0 Å². The first-order chi connectivity index (χ1) is 8.72. The molecule has 1 aromatic heterocycles. The van der Waals surface area contributed by atoms with Crippen molar-refractivity contribution in [1.82, 2.24) is 4.98 Å². The quantitative estimate of drug-likeness (QED) is 0.897. The van der Waals surface area contributed by atoms with Crippen LogP contribution in [0.4, 0.5) is 11.4 Å². The Hall–Kier alpha value is -2.36. The molecular weight excluding hydrogens is 226 g/mol. The van der Waals surface area contributed by atoms with E-state index >= 15 is 0 Å². The zero-order valence-corrected chi connectivity index (χ0v) is 10.4. The van der Waals surface area contributed by atoms with E-state index in [9.17, 15) is 4.79 Å². The number of nitrogens with zero attached hydrogens (tertiary/aromatic N) is 2. The Bertz CT molecular complexity index is 540. The van der Waals surface area contributed by atoms with Gasteiger partial charge >= 0.3 is 0 Å². The summed E-state index contributed by atoms with van der Waals surface area (Å²) in [6.45, 7) is 0. The van der Waals surface area contributed by atoms with Crippen molar-refractivity contribution >= 4 is 17.3 Å². The molecule has 0 saturated heterocycles. The molecule has 2 aromatic rings. The first-order valence-electron chi connectivity index (χ1n) is 5.68. The Kier molecular flexibility index (Phi) is 3.57. The molecule has 0 aliphatic carbocycles. The highest BCUT2D eigenvalue weighted by Gasteiger charge is 2.13. The summed E-state index contributed by atoms with van der Waals surface area (Å²) in [6.07, 6.45) is 3.34. The number of amides is 1. The number of benzene rings is 1. The van der Waals surface area contributed by atoms with E-state index in [1.165, 1.54) is 0 Å². The van der Waals surface area contributed by atoms with Crippen LogP contribution in [0.3, 0.4) is 0 Å². The van der Waals surface area contributed by atoms with Gasteiger partial charge < -0.3 is 10.2 Å². The van der Waals surface area contributed by atoms with E-state index in [0.29, 0.717) is 5.56 Å².